The maximum absolute atomic E-state index is 10.6. The molecule has 2 heterocycles. The van der Waals surface area contributed by atoms with Gasteiger partial charge in [0.2, 0.25) is 0 Å². The van der Waals surface area contributed by atoms with Gasteiger partial charge in [0.05, 0.1) is 18.3 Å². The van der Waals surface area contributed by atoms with E-state index in [4.69, 9.17) is 9.47 Å². The van der Waals surface area contributed by atoms with Gasteiger partial charge in [-0.05, 0) is 55.7 Å². The van der Waals surface area contributed by atoms with E-state index >= 15 is 0 Å². The zero-order valence-corrected chi connectivity index (χ0v) is 13.1. The number of ether oxygens (including phenoxy) is 2. The lowest BCUT2D eigenvalue weighted by Gasteiger charge is -2.39. The lowest BCUT2D eigenvalue weighted by Crippen LogP contribution is -2.44. The van der Waals surface area contributed by atoms with Crippen LogP contribution in [0.3, 0.4) is 0 Å². The molecule has 3 unspecified atom stereocenters. The Labute approximate surface area is 127 Å². The SMILES string of the molecule is Cc1ccc(CC(O)C2CCOC3(CCOC3)C2)cc1C. The monoisotopic (exact) mass is 290 g/mol. The zero-order valence-electron chi connectivity index (χ0n) is 13.1. The van der Waals surface area contributed by atoms with Gasteiger partial charge in [-0.2, -0.15) is 0 Å². The molecule has 1 spiro atoms. The minimum Gasteiger partial charge on any atom is -0.392 e. The molecule has 0 saturated carbocycles. The van der Waals surface area contributed by atoms with Crippen molar-refractivity contribution in [1.29, 1.82) is 0 Å². The molecule has 2 aliphatic rings. The van der Waals surface area contributed by atoms with E-state index in [1.165, 1.54) is 16.7 Å². The first-order chi connectivity index (χ1) is 10.1. The summed E-state index contributed by atoms with van der Waals surface area (Å²) in [6.45, 7) is 6.49. The molecular weight excluding hydrogens is 264 g/mol. The van der Waals surface area contributed by atoms with Crippen LogP contribution in [-0.4, -0.2) is 36.6 Å². The first-order valence-electron chi connectivity index (χ1n) is 8.04. The van der Waals surface area contributed by atoms with Gasteiger partial charge in [-0.1, -0.05) is 18.2 Å². The van der Waals surface area contributed by atoms with Crippen molar-refractivity contribution in [2.45, 2.75) is 51.2 Å². The molecule has 3 nitrogen and oxygen atoms in total. The summed E-state index contributed by atoms with van der Waals surface area (Å²) in [5, 5.41) is 10.6. The van der Waals surface area contributed by atoms with Crippen molar-refractivity contribution in [3.05, 3.63) is 34.9 Å². The molecule has 3 heteroatoms. The Bertz CT molecular complexity index is 491. The number of hydrogen-bond acceptors (Lipinski definition) is 3. The molecule has 2 saturated heterocycles. The van der Waals surface area contributed by atoms with Crippen LogP contribution in [0, 0.1) is 19.8 Å². The van der Waals surface area contributed by atoms with Crippen LogP contribution in [0.2, 0.25) is 0 Å². The second-order valence-corrected chi connectivity index (χ2v) is 6.78. The highest BCUT2D eigenvalue weighted by Crippen LogP contribution is 2.37. The summed E-state index contributed by atoms with van der Waals surface area (Å²) in [5.41, 5.74) is 3.72. The Hall–Kier alpha value is -0.900. The summed E-state index contributed by atoms with van der Waals surface area (Å²) in [7, 11) is 0. The zero-order chi connectivity index (χ0) is 14.9. The maximum Gasteiger partial charge on any atom is 0.0940 e. The molecule has 2 aliphatic heterocycles. The van der Waals surface area contributed by atoms with Gasteiger partial charge in [-0.3, -0.25) is 0 Å². The Kier molecular flexibility index (Phi) is 4.34. The second kappa shape index (κ2) is 6.07. The maximum atomic E-state index is 10.6. The van der Waals surface area contributed by atoms with Gasteiger partial charge < -0.3 is 14.6 Å². The smallest absolute Gasteiger partial charge is 0.0940 e. The Balaban J connectivity index is 1.64. The first-order valence-corrected chi connectivity index (χ1v) is 8.04. The van der Waals surface area contributed by atoms with E-state index < -0.39 is 0 Å². The highest BCUT2D eigenvalue weighted by molar-refractivity contribution is 5.30. The minimum absolute atomic E-state index is 0.118. The number of aliphatic hydroxyl groups is 1. The molecule has 0 aromatic heterocycles. The van der Waals surface area contributed by atoms with Crippen molar-refractivity contribution in [1.82, 2.24) is 0 Å². The molecule has 116 valence electrons. The lowest BCUT2D eigenvalue weighted by molar-refractivity contribution is -0.116. The van der Waals surface area contributed by atoms with Gasteiger partial charge in [-0.15, -0.1) is 0 Å². The van der Waals surface area contributed by atoms with E-state index in [1.54, 1.807) is 0 Å². The van der Waals surface area contributed by atoms with Crippen LogP contribution >= 0.6 is 0 Å². The summed E-state index contributed by atoms with van der Waals surface area (Å²) in [6.07, 6.45) is 3.31. The number of aliphatic hydroxyl groups excluding tert-OH is 1. The van der Waals surface area contributed by atoms with Gasteiger partial charge in [0.15, 0.2) is 0 Å². The summed E-state index contributed by atoms with van der Waals surface area (Å²) in [5.74, 6) is 0.321. The fourth-order valence-corrected chi connectivity index (χ4v) is 3.60. The van der Waals surface area contributed by atoms with Gasteiger partial charge in [-0.25, -0.2) is 0 Å². The Morgan fingerprint density at radius 3 is 2.86 bits per heavy atom. The molecule has 3 rings (SSSR count). The number of hydrogen-bond donors (Lipinski definition) is 1. The Morgan fingerprint density at radius 2 is 2.14 bits per heavy atom. The van der Waals surface area contributed by atoms with E-state index in [0.717, 1.165) is 38.9 Å². The quantitative estimate of drug-likeness (QED) is 0.930. The van der Waals surface area contributed by atoms with Crippen molar-refractivity contribution in [3.8, 4) is 0 Å². The van der Waals surface area contributed by atoms with Crippen LogP contribution in [0.25, 0.3) is 0 Å². The summed E-state index contributed by atoms with van der Waals surface area (Å²) >= 11 is 0. The minimum atomic E-state index is -0.284. The third-order valence-electron chi connectivity index (χ3n) is 5.16. The predicted octanol–water partition coefficient (Wildman–Crippen LogP) is 2.79. The molecular formula is C18H26O3. The standard InChI is InChI=1S/C18H26O3/c1-13-3-4-15(9-14(13)2)10-17(19)16-5-7-21-18(11-16)6-8-20-12-18/h3-4,9,16-17,19H,5-8,10-12H2,1-2H3. The average Bonchev–Trinajstić information content (AvgIpc) is 2.91. The van der Waals surface area contributed by atoms with E-state index in [1.807, 2.05) is 0 Å². The van der Waals surface area contributed by atoms with Crippen molar-refractivity contribution in [2.24, 2.45) is 5.92 Å². The number of aryl methyl sites for hydroxylation is 2. The van der Waals surface area contributed by atoms with Crippen molar-refractivity contribution < 1.29 is 14.6 Å². The molecule has 2 fully saturated rings. The van der Waals surface area contributed by atoms with Gasteiger partial charge in [0.1, 0.15) is 0 Å². The van der Waals surface area contributed by atoms with Crippen LogP contribution in [0.1, 0.15) is 36.0 Å². The molecule has 0 radical (unpaired) electrons. The largest absolute Gasteiger partial charge is 0.392 e. The molecule has 3 atom stereocenters. The average molecular weight is 290 g/mol. The molecule has 21 heavy (non-hydrogen) atoms. The van der Waals surface area contributed by atoms with E-state index in [-0.39, 0.29) is 11.7 Å². The molecule has 0 aliphatic carbocycles. The van der Waals surface area contributed by atoms with Crippen LogP contribution in [0.4, 0.5) is 0 Å². The summed E-state index contributed by atoms with van der Waals surface area (Å²) < 4.78 is 11.5. The molecule has 1 N–H and O–H groups in total. The number of rotatable bonds is 3. The molecule has 1 aromatic rings. The van der Waals surface area contributed by atoms with Crippen LogP contribution in [-0.2, 0) is 15.9 Å². The fourth-order valence-electron chi connectivity index (χ4n) is 3.60. The van der Waals surface area contributed by atoms with Crippen molar-refractivity contribution in [2.75, 3.05) is 19.8 Å². The third kappa shape index (κ3) is 3.31. The Morgan fingerprint density at radius 1 is 1.29 bits per heavy atom. The van der Waals surface area contributed by atoms with Crippen molar-refractivity contribution in [3.63, 3.8) is 0 Å². The third-order valence-corrected chi connectivity index (χ3v) is 5.16. The number of benzene rings is 1. The molecule has 1 aromatic carbocycles. The van der Waals surface area contributed by atoms with Crippen LogP contribution in [0.5, 0.6) is 0 Å². The topological polar surface area (TPSA) is 38.7 Å². The molecule has 0 bridgehead atoms. The van der Waals surface area contributed by atoms with E-state index in [9.17, 15) is 5.11 Å². The van der Waals surface area contributed by atoms with E-state index in [0.29, 0.717) is 12.5 Å². The predicted molar refractivity (Wildman–Crippen MR) is 82.5 cm³/mol. The summed E-state index contributed by atoms with van der Waals surface area (Å²) in [4.78, 5) is 0. The highest BCUT2D eigenvalue weighted by atomic mass is 16.6. The highest BCUT2D eigenvalue weighted by Gasteiger charge is 2.42. The van der Waals surface area contributed by atoms with Crippen LogP contribution < -0.4 is 0 Å². The first kappa shape index (κ1) is 15.0. The fraction of sp³-hybridized carbons (Fsp3) is 0.667. The van der Waals surface area contributed by atoms with Gasteiger partial charge >= 0.3 is 0 Å². The van der Waals surface area contributed by atoms with Crippen molar-refractivity contribution >= 4 is 0 Å². The van der Waals surface area contributed by atoms with Gasteiger partial charge in [0.25, 0.3) is 0 Å². The van der Waals surface area contributed by atoms with E-state index in [2.05, 4.69) is 32.0 Å². The van der Waals surface area contributed by atoms with Crippen LogP contribution in [0.15, 0.2) is 18.2 Å². The normalized spacial score (nSPS) is 30.7. The second-order valence-electron chi connectivity index (χ2n) is 6.78. The lowest BCUT2D eigenvalue weighted by atomic mass is 9.80. The van der Waals surface area contributed by atoms with Gasteiger partial charge in [0, 0.05) is 19.6 Å². The summed E-state index contributed by atoms with van der Waals surface area (Å²) in [6, 6.07) is 6.49. The molecule has 0 amide bonds.